The summed E-state index contributed by atoms with van der Waals surface area (Å²) in [5.74, 6) is 0.935. The fourth-order valence-corrected chi connectivity index (χ4v) is 2.50. The average molecular weight is 371 g/mol. The number of ether oxygens (including phenoxy) is 1. The average Bonchev–Trinajstić information content (AvgIpc) is 2.54. The van der Waals surface area contributed by atoms with Crippen molar-refractivity contribution in [3.8, 4) is 5.75 Å². The van der Waals surface area contributed by atoms with E-state index in [1.807, 2.05) is 24.3 Å². The Morgan fingerprint density at radius 1 is 1.23 bits per heavy atom. The van der Waals surface area contributed by atoms with Crippen LogP contribution in [-0.4, -0.2) is 24.6 Å². The molecule has 1 aromatic rings. The molecule has 0 spiro atoms. The Kier molecular flexibility index (Phi) is 8.49. The van der Waals surface area contributed by atoms with Gasteiger partial charge >= 0.3 is 0 Å². The second kappa shape index (κ2) is 9.85. The summed E-state index contributed by atoms with van der Waals surface area (Å²) < 4.78 is 6.67. The Morgan fingerprint density at radius 3 is 2.41 bits per heavy atom. The number of rotatable bonds is 10. The van der Waals surface area contributed by atoms with Gasteiger partial charge in [-0.2, -0.15) is 0 Å². The second-order valence-electron chi connectivity index (χ2n) is 5.50. The Bertz CT molecular complexity index is 436. The van der Waals surface area contributed by atoms with Crippen LogP contribution in [0.1, 0.15) is 46.0 Å². The van der Waals surface area contributed by atoms with E-state index in [1.54, 1.807) is 0 Å². The third-order valence-electron chi connectivity index (χ3n) is 4.03. The number of nitrogens with one attached hydrogen (secondary N) is 1. The minimum Gasteiger partial charge on any atom is -0.494 e. The first kappa shape index (κ1) is 19.0. The molecule has 0 radical (unpaired) electrons. The van der Waals surface area contributed by atoms with Gasteiger partial charge in [0.05, 0.1) is 12.1 Å². The van der Waals surface area contributed by atoms with E-state index in [9.17, 15) is 4.79 Å². The number of benzene rings is 1. The summed E-state index contributed by atoms with van der Waals surface area (Å²) in [6.07, 6.45) is 3.91. The Balaban J connectivity index is 2.21. The maximum absolute atomic E-state index is 12.0. The monoisotopic (exact) mass is 370 g/mol. The molecule has 5 heteroatoms. The number of nitrogens with two attached hydrogens (primary N) is 1. The van der Waals surface area contributed by atoms with Crippen molar-refractivity contribution in [2.75, 3.05) is 13.2 Å². The van der Waals surface area contributed by atoms with Crippen LogP contribution in [0.2, 0.25) is 0 Å². The van der Waals surface area contributed by atoms with Crippen molar-refractivity contribution in [3.05, 3.63) is 28.7 Å². The molecule has 0 fully saturated rings. The van der Waals surface area contributed by atoms with Gasteiger partial charge in [-0.15, -0.1) is 0 Å². The molecule has 4 nitrogen and oxygen atoms in total. The number of carbonyl (C=O) groups is 1. The van der Waals surface area contributed by atoms with Gasteiger partial charge in [-0.05, 0) is 49.9 Å². The SMILES string of the molecule is CCC(CC)(CN)NC(=O)CCCCOc1ccc(Br)cc1. The van der Waals surface area contributed by atoms with Gasteiger partial charge < -0.3 is 15.8 Å². The van der Waals surface area contributed by atoms with Gasteiger partial charge in [0.15, 0.2) is 0 Å². The molecule has 22 heavy (non-hydrogen) atoms. The van der Waals surface area contributed by atoms with E-state index in [4.69, 9.17) is 10.5 Å². The minimum absolute atomic E-state index is 0.0813. The van der Waals surface area contributed by atoms with Gasteiger partial charge in [0.1, 0.15) is 5.75 Å². The molecular weight excluding hydrogens is 344 g/mol. The normalized spacial score (nSPS) is 11.3. The highest BCUT2D eigenvalue weighted by atomic mass is 79.9. The van der Waals surface area contributed by atoms with Crippen LogP contribution in [0.4, 0.5) is 0 Å². The minimum atomic E-state index is -0.245. The zero-order valence-corrected chi connectivity index (χ0v) is 15.1. The van der Waals surface area contributed by atoms with Crippen LogP contribution < -0.4 is 15.8 Å². The van der Waals surface area contributed by atoms with E-state index in [-0.39, 0.29) is 11.4 Å². The van der Waals surface area contributed by atoms with Crippen molar-refractivity contribution < 1.29 is 9.53 Å². The van der Waals surface area contributed by atoms with Gasteiger partial charge in [-0.25, -0.2) is 0 Å². The highest BCUT2D eigenvalue weighted by Gasteiger charge is 2.25. The van der Waals surface area contributed by atoms with Crippen LogP contribution in [0.3, 0.4) is 0 Å². The fraction of sp³-hybridized carbons (Fsp3) is 0.588. The van der Waals surface area contributed by atoms with Crippen LogP contribution in [0.5, 0.6) is 5.75 Å². The molecule has 0 aliphatic rings. The molecular formula is C17H27BrN2O2. The van der Waals surface area contributed by atoms with Gasteiger partial charge in [0, 0.05) is 17.4 Å². The van der Waals surface area contributed by atoms with Crippen molar-refractivity contribution in [3.63, 3.8) is 0 Å². The maximum Gasteiger partial charge on any atom is 0.220 e. The van der Waals surface area contributed by atoms with Crippen molar-refractivity contribution in [1.82, 2.24) is 5.32 Å². The van der Waals surface area contributed by atoms with Crippen molar-refractivity contribution in [1.29, 1.82) is 0 Å². The zero-order chi connectivity index (χ0) is 16.4. The first-order valence-corrected chi connectivity index (χ1v) is 8.74. The summed E-state index contributed by atoms with van der Waals surface area (Å²) in [6.45, 7) is 5.22. The van der Waals surface area contributed by atoms with Crippen molar-refractivity contribution in [2.45, 2.75) is 51.5 Å². The molecule has 0 bridgehead atoms. The molecule has 0 atom stereocenters. The number of halogens is 1. The van der Waals surface area contributed by atoms with Gasteiger partial charge in [-0.3, -0.25) is 4.79 Å². The Hall–Kier alpha value is -1.07. The number of hydrogen-bond donors (Lipinski definition) is 2. The Labute approximate surface area is 141 Å². The number of hydrogen-bond acceptors (Lipinski definition) is 3. The van der Waals surface area contributed by atoms with Crippen LogP contribution in [-0.2, 0) is 4.79 Å². The molecule has 124 valence electrons. The molecule has 0 heterocycles. The van der Waals surface area contributed by atoms with Crippen molar-refractivity contribution in [2.24, 2.45) is 5.73 Å². The highest BCUT2D eigenvalue weighted by Crippen LogP contribution is 2.17. The molecule has 1 rings (SSSR count). The topological polar surface area (TPSA) is 64.3 Å². The van der Waals surface area contributed by atoms with E-state index in [0.717, 1.165) is 35.9 Å². The summed E-state index contributed by atoms with van der Waals surface area (Å²) in [7, 11) is 0. The molecule has 3 N–H and O–H groups in total. The van der Waals surface area contributed by atoms with Crippen molar-refractivity contribution >= 4 is 21.8 Å². The molecule has 0 saturated heterocycles. The predicted molar refractivity (Wildman–Crippen MR) is 94.0 cm³/mol. The molecule has 0 aromatic heterocycles. The maximum atomic E-state index is 12.0. The lowest BCUT2D eigenvalue weighted by Crippen LogP contribution is -2.52. The summed E-state index contributed by atoms with van der Waals surface area (Å²) in [4.78, 5) is 12.0. The lowest BCUT2D eigenvalue weighted by molar-refractivity contribution is -0.123. The van der Waals surface area contributed by atoms with Crippen LogP contribution in [0, 0.1) is 0 Å². The van der Waals surface area contributed by atoms with Gasteiger partial charge in [-0.1, -0.05) is 29.8 Å². The fourth-order valence-electron chi connectivity index (χ4n) is 2.23. The third kappa shape index (κ3) is 6.36. The first-order valence-electron chi connectivity index (χ1n) is 7.94. The smallest absolute Gasteiger partial charge is 0.220 e. The van der Waals surface area contributed by atoms with Gasteiger partial charge in [0.25, 0.3) is 0 Å². The van der Waals surface area contributed by atoms with Crippen LogP contribution in [0.25, 0.3) is 0 Å². The molecule has 0 aliphatic carbocycles. The molecule has 0 saturated carbocycles. The van der Waals surface area contributed by atoms with Gasteiger partial charge in [0.2, 0.25) is 5.91 Å². The second-order valence-corrected chi connectivity index (χ2v) is 6.41. The number of unbranched alkanes of at least 4 members (excludes halogenated alkanes) is 1. The Morgan fingerprint density at radius 2 is 1.86 bits per heavy atom. The molecule has 0 aliphatic heterocycles. The van der Waals surface area contributed by atoms with E-state index in [0.29, 0.717) is 19.6 Å². The quantitative estimate of drug-likeness (QED) is 0.618. The predicted octanol–water partition coefficient (Wildman–Crippen LogP) is 3.63. The molecule has 1 amide bonds. The third-order valence-corrected chi connectivity index (χ3v) is 4.56. The van der Waals surface area contributed by atoms with Crippen LogP contribution >= 0.6 is 15.9 Å². The lowest BCUT2D eigenvalue weighted by atomic mass is 9.92. The zero-order valence-electron chi connectivity index (χ0n) is 13.5. The van der Waals surface area contributed by atoms with E-state index >= 15 is 0 Å². The number of carbonyl (C=O) groups excluding carboxylic acids is 1. The summed E-state index contributed by atoms with van der Waals surface area (Å²) >= 11 is 3.39. The first-order chi connectivity index (χ1) is 10.5. The summed E-state index contributed by atoms with van der Waals surface area (Å²) in [6, 6.07) is 7.75. The summed E-state index contributed by atoms with van der Waals surface area (Å²) in [5, 5.41) is 3.08. The lowest BCUT2D eigenvalue weighted by Gasteiger charge is -2.31. The number of amides is 1. The standard InChI is InChI=1S/C17H27BrN2O2/c1-3-17(4-2,13-19)20-16(21)7-5-6-12-22-15-10-8-14(18)9-11-15/h8-11H,3-7,12-13,19H2,1-2H3,(H,20,21). The van der Waals surface area contributed by atoms with E-state index in [1.165, 1.54) is 0 Å². The molecule has 0 unspecified atom stereocenters. The largest absolute Gasteiger partial charge is 0.494 e. The van der Waals surface area contributed by atoms with Crippen LogP contribution in [0.15, 0.2) is 28.7 Å². The van der Waals surface area contributed by atoms with E-state index in [2.05, 4.69) is 35.1 Å². The molecule has 1 aromatic carbocycles. The van der Waals surface area contributed by atoms with E-state index < -0.39 is 0 Å². The highest BCUT2D eigenvalue weighted by molar-refractivity contribution is 9.10. The summed E-state index contributed by atoms with van der Waals surface area (Å²) in [5.41, 5.74) is 5.55.